The molecule has 0 saturated carbocycles. The number of nitrogens with zero attached hydrogens (tertiary/aromatic N) is 6. The van der Waals surface area contributed by atoms with Gasteiger partial charge in [-0.15, -0.1) is 0 Å². The van der Waals surface area contributed by atoms with Gasteiger partial charge in [0.25, 0.3) is 5.91 Å². The molecule has 8 heteroatoms. The zero-order valence-corrected chi connectivity index (χ0v) is 14.6. The summed E-state index contributed by atoms with van der Waals surface area (Å²) in [6.07, 6.45) is 3.10. The van der Waals surface area contributed by atoms with E-state index in [1.165, 1.54) is 6.33 Å². The number of rotatable bonds is 3. The number of hydrogen-bond acceptors (Lipinski definition) is 5. The minimum absolute atomic E-state index is 0.190. The van der Waals surface area contributed by atoms with Gasteiger partial charge in [0.15, 0.2) is 5.65 Å². The van der Waals surface area contributed by atoms with E-state index in [-0.39, 0.29) is 5.91 Å². The van der Waals surface area contributed by atoms with Crippen LogP contribution in [0.4, 0.5) is 5.69 Å². The lowest BCUT2D eigenvalue weighted by Crippen LogP contribution is -2.13. The van der Waals surface area contributed by atoms with Gasteiger partial charge in [-0.1, -0.05) is 0 Å². The predicted octanol–water partition coefficient (Wildman–Crippen LogP) is 2.42. The van der Waals surface area contributed by atoms with Gasteiger partial charge < -0.3 is 5.32 Å². The SMILES string of the molecule is Cc1cc(C(=O)Nc2ccc(-n3cncn3)cc2)c2c(C)nn(C)c2n1. The molecule has 0 aliphatic heterocycles. The monoisotopic (exact) mass is 347 g/mol. The first-order chi connectivity index (χ1) is 12.5. The van der Waals surface area contributed by atoms with Gasteiger partial charge in [0.1, 0.15) is 12.7 Å². The van der Waals surface area contributed by atoms with Crippen molar-refractivity contribution < 1.29 is 4.79 Å². The molecular weight excluding hydrogens is 330 g/mol. The lowest BCUT2D eigenvalue weighted by Gasteiger charge is -2.09. The van der Waals surface area contributed by atoms with Gasteiger partial charge >= 0.3 is 0 Å². The highest BCUT2D eigenvalue weighted by Gasteiger charge is 2.17. The van der Waals surface area contributed by atoms with E-state index < -0.39 is 0 Å². The maximum atomic E-state index is 12.9. The Morgan fingerprint density at radius 1 is 1.15 bits per heavy atom. The van der Waals surface area contributed by atoms with Gasteiger partial charge in [-0.25, -0.2) is 14.6 Å². The maximum absolute atomic E-state index is 12.9. The summed E-state index contributed by atoms with van der Waals surface area (Å²) in [5, 5.41) is 12.2. The molecule has 0 saturated heterocycles. The third-order valence-corrected chi connectivity index (χ3v) is 4.15. The van der Waals surface area contributed by atoms with Crippen LogP contribution in [0.1, 0.15) is 21.7 Å². The normalized spacial score (nSPS) is 11.0. The number of carbonyl (C=O) groups is 1. The van der Waals surface area contributed by atoms with Crippen molar-refractivity contribution in [2.24, 2.45) is 7.05 Å². The number of hydrogen-bond donors (Lipinski definition) is 1. The molecule has 3 aromatic heterocycles. The molecule has 1 aromatic carbocycles. The second-order valence-electron chi connectivity index (χ2n) is 6.06. The Balaban J connectivity index is 1.66. The third kappa shape index (κ3) is 2.71. The molecule has 0 unspecified atom stereocenters. The minimum atomic E-state index is -0.190. The third-order valence-electron chi connectivity index (χ3n) is 4.15. The van der Waals surface area contributed by atoms with Crippen molar-refractivity contribution in [3.63, 3.8) is 0 Å². The molecule has 0 aliphatic carbocycles. The standard InChI is InChI=1S/C18H17N7O/c1-11-8-15(16-12(2)23-24(3)17(16)21-11)18(26)22-13-4-6-14(7-5-13)25-10-19-9-20-25/h4-10H,1-3H3,(H,22,26). The van der Waals surface area contributed by atoms with Crippen LogP contribution in [0.25, 0.3) is 16.7 Å². The fourth-order valence-corrected chi connectivity index (χ4v) is 2.99. The number of fused-ring (bicyclic) bond motifs is 1. The van der Waals surface area contributed by atoms with E-state index in [0.717, 1.165) is 22.5 Å². The smallest absolute Gasteiger partial charge is 0.256 e. The summed E-state index contributed by atoms with van der Waals surface area (Å²) in [4.78, 5) is 21.3. The van der Waals surface area contributed by atoms with Gasteiger partial charge in [0.05, 0.1) is 22.3 Å². The van der Waals surface area contributed by atoms with Crippen molar-refractivity contribution in [2.45, 2.75) is 13.8 Å². The van der Waals surface area contributed by atoms with Gasteiger partial charge in [0, 0.05) is 18.4 Å². The van der Waals surface area contributed by atoms with Crippen molar-refractivity contribution in [3.05, 3.63) is 59.9 Å². The molecule has 0 fully saturated rings. The van der Waals surface area contributed by atoms with E-state index in [2.05, 4.69) is 25.5 Å². The number of pyridine rings is 1. The summed E-state index contributed by atoms with van der Waals surface area (Å²) < 4.78 is 3.35. The van der Waals surface area contributed by atoms with Crippen LogP contribution in [0, 0.1) is 13.8 Å². The Morgan fingerprint density at radius 3 is 2.62 bits per heavy atom. The van der Waals surface area contributed by atoms with E-state index in [1.807, 2.05) is 45.2 Å². The van der Waals surface area contributed by atoms with Crippen LogP contribution in [0.3, 0.4) is 0 Å². The van der Waals surface area contributed by atoms with Gasteiger partial charge in [-0.3, -0.25) is 9.48 Å². The first-order valence-corrected chi connectivity index (χ1v) is 8.10. The van der Waals surface area contributed by atoms with E-state index in [1.54, 1.807) is 21.8 Å². The number of nitrogens with one attached hydrogen (secondary N) is 1. The van der Waals surface area contributed by atoms with Crippen LogP contribution in [0.5, 0.6) is 0 Å². The van der Waals surface area contributed by atoms with Crippen LogP contribution in [0.2, 0.25) is 0 Å². The first kappa shape index (κ1) is 15.9. The molecule has 0 aliphatic rings. The zero-order valence-electron chi connectivity index (χ0n) is 14.6. The Hall–Kier alpha value is -3.55. The summed E-state index contributed by atoms with van der Waals surface area (Å²) in [6, 6.07) is 9.18. The molecule has 130 valence electrons. The van der Waals surface area contributed by atoms with Crippen LogP contribution in [0.15, 0.2) is 43.0 Å². The molecule has 0 bridgehead atoms. The van der Waals surface area contributed by atoms with Crippen LogP contribution in [-0.4, -0.2) is 35.4 Å². The Kier molecular flexibility index (Phi) is 3.72. The summed E-state index contributed by atoms with van der Waals surface area (Å²) >= 11 is 0. The highest BCUT2D eigenvalue weighted by atomic mass is 16.1. The number of amides is 1. The van der Waals surface area contributed by atoms with Crippen molar-refractivity contribution >= 4 is 22.6 Å². The fourth-order valence-electron chi connectivity index (χ4n) is 2.99. The number of anilines is 1. The summed E-state index contributed by atoms with van der Waals surface area (Å²) in [5.74, 6) is -0.190. The molecular formula is C18H17N7O. The minimum Gasteiger partial charge on any atom is -0.322 e. The summed E-state index contributed by atoms with van der Waals surface area (Å²) in [6.45, 7) is 3.74. The average molecular weight is 347 g/mol. The molecule has 0 radical (unpaired) electrons. The number of benzene rings is 1. The number of aromatic nitrogens is 6. The van der Waals surface area contributed by atoms with E-state index in [0.29, 0.717) is 16.9 Å². The summed E-state index contributed by atoms with van der Waals surface area (Å²) in [5.41, 5.74) is 4.38. The average Bonchev–Trinajstić information content (AvgIpc) is 3.24. The van der Waals surface area contributed by atoms with Crippen LogP contribution >= 0.6 is 0 Å². The first-order valence-electron chi connectivity index (χ1n) is 8.10. The highest BCUT2D eigenvalue weighted by molar-refractivity contribution is 6.12. The van der Waals surface area contributed by atoms with E-state index in [4.69, 9.17) is 0 Å². The molecule has 0 spiro atoms. The number of aryl methyl sites for hydroxylation is 3. The molecule has 3 heterocycles. The summed E-state index contributed by atoms with van der Waals surface area (Å²) in [7, 11) is 1.83. The quantitative estimate of drug-likeness (QED) is 0.615. The zero-order chi connectivity index (χ0) is 18.3. The van der Waals surface area contributed by atoms with Gasteiger partial charge in [-0.2, -0.15) is 10.2 Å². The van der Waals surface area contributed by atoms with Crippen molar-refractivity contribution in [3.8, 4) is 5.69 Å². The molecule has 1 amide bonds. The van der Waals surface area contributed by atoms with Crippen LogP contribution in [-0.2, 0) is 7.05 Å². The van der Waals surface area contributed by atoms with Crippen molar-refractivity contribution in [1.82, 2.24) is 29.5 Å². The molecule has 8 nitrogen and oxygen atoms in total. The van der Waals surface area contributed by atoms with Gasteiger partial charge in [-0.05, 0) is 44.2 Å². The second kappa shape index (κ2) is 6.07. The lowest BCUT2D eigenvalue weighted by atomic mass is 10.1. The van der Waals surface area contributed by atoms with Crippen molar-refractivity contribution in [2.75, 3.05) is 5.32 Å². The highest BCUT2D eigenvalue weighted by Crippen LogP contribution is 2.23. The molecule has 4 rings (SSSR count). The van der Waals surface area contributed by atoms with Crippen molar-refractivity contribution in [1.29, 1.82) is 0 Å². The number of carbonyl (C=O) groups excluding carboxylic acids is 1. The Morgan fingerprint density at radius 2 is 1.92 bits per heavy atom. The second-order valence-corrected chi connectivity index (χ2v) is 6.06. The molecule has 26 heavy (non-hydrogen) atoms. The van der Waals surface area contributed by atoms with Gasteiger partial charge in [0.2, 0.25) is 0 Å². The fraction of sp³-hybridized carbons (Fsp3) is 0.167. The largest absolute Gasteiger partial charge is 0.322 e. The molecule has 0 atom stereocenters. The maximum Gasteiger partial charge on any atom is 0.256 e. The van der Waals surface area contributed by atoms with Crippen LogP contribution < -0.4 is 5.32 Å². The Labute approximate surface area is 149 Å². The Bertz CT molecular complexity index is 1090. The van der Waals surface area contributed by atoms with E-state index in [9.17, 15) is 4.79 Å². The van der Waals surface area contributed by atoms with E-state index >= 15 is 0 Å². The predicted molar refractivity (Wildman–Crippen MR) is 97.3 cm³/mol. The molecule has 1 N–H and O–H groups in total. The molecule has 4 aromatic rings. The lowest BCUT2D eigenvalue weighted by molar-refractivity contribution is 0.102. The topological polar surface area (TPSA) is 90.5 Å².